The molecule has 1 aliphatic rings. The van der Waals surface area contributed by atoms with Gasteiger partial charge in [-0.3, -0.25) is 14.9 Å². The van der Waals surface area contributed by atoms with Gasteiger partial charge in [0.2, 0.25) is 0 Å². The van der Waals surface area contributed by atoms with Crippen molar-refractivity contribution in [2.75, 3.05) is 6.54 Å². The molecule has 1 fully saturated rings. The van der Waals surface area contributed by atoms with E-state index in [-0.39, 0.29) is 28.3 Å². The highest BCUT2D eigenvalue weighted by atomic mass is 35.5. The van der Waals surface area contributed by atoms with Gasteiger partial charge in [-0.1, -0.05) is 18.0 Å². The molecular weight excluding hydrogens is 296 g/mol. The van der Waals surface area contributed by atoms with E-state index in [1.54, 1.807) is 0 Å². The Hall–Kier alpha value is -1.66. The first-order valence-electron chi connectivity index (χ1n) is 6.87. The first-order chi connectivity index (χ1) is 9.97. The van der Waals surface area contributed by atoms with Gasteiger partial charge >= 0.3 is 0 Å². The van der Waals surface area contributed by atoms with E-state index in [1.165, 1.54) is 18.2 Å². The maximum Gasteiger partial charge on any atom is 0.283 e. The van der Waals surface area contributed by atoms with Gasteiger partial charge in [0.25, 0.3) is 11.6 Å². The maximum atomic E-state index is 12.1. The number of hydrogen-bond acceptors (Lipinski definition) is 4. The molecule has 0 radical (unpaired) electrons. The van der Waals surface area contributed by atoms with E-state index in [4.69, 9.17) is 11.6 Å². The number of hydrogen-bond donors (Lipinski definition) is 2. The number of aliphatic hydroxyl groups is 1. The average Bonchev–Trinajstić information content (AvgIpc) is 2.44. The van der Waals surface area contributed by atoms with Crippen LogP contribution in [0.5, 0.6) is 0 Å². The third kappa shape index (κ3) is 4.15. The number of rotatable bonds is 4. The molecule has 1 aliphatic carbocycles. The fraction of sp³-hybridized carbons (Fsp3) is 0.500. The van der Waals surface area contributed by atoms with Gasteiger partial charge in [0.1, 0.15) is 5.56 Å². The van der Waals surface area contributed by atoms with Gasteiger partial charge in [0.05, 0.1) is 11.0 Å². The van der Waals surface area contributed by atoms with E-state index in [1.807, 2.05) is 0 Å². The molecule has 114 valence electrons. The lowest BCUT2D eigenvalue weighted by molar-refractivity contribution is -0.385. The Morgan fingerprint density at radius 3 is 2.90 bits per heavy atom. The van der Waals surface area contributed by atoms with E-state index in [9.17, 15) is 20.0 Å². The molecule has 7 heteroatoms. The lowest BCUT2D eigenvalue weighted by Crippen LogP contribution is -2.33. The SMILES string of the molecule is O=C(NCC1CCCC(O)C1)c1ccc(Cl)cc1[N+](=O)[O-]. The number of carbonyl (C=O) groups is 1. The van der Waals surface area contributed by atoms with Gasteiger partial charge in [-0.05, 0) is 37.3 Å². The molecule has 2 unspecified atom stereocenters. The maximum absolute atomic E-state index is 12.1. The van der Waals surface area contributed by atoms with E-state index in [0.717, 1.165) is 19.3 Å². The topological polar surface area (TPSA) is 92.5 Å². The van der Waals surface area contributed by atoms with Crippen LogP contribution in [0.1, 0.15) is 36.0 Å². The fourth-order valence-corrected chi connectivity index (χ4v) is 2.79. The summed E-state index contributed by atoms with van der Waals surface area (Å²) in [5.41, 5.74) is -0.301. The van der Waals surface area contributed by atoms with Crippen molar-refractivity contribution in [2.45, 2.75) is 31.8 Å². The summed E-state index contributed by atoms with van der Waals surface area (Å²) >= 11 is 5.72. The zero-order valence-electron chi connectivity index (χ0n) is 11.4. The zero-order chi connectivity index (χ0) is 15.4. The third-order valence-electron chi connectivity index (χ3n) is 3.71. The number of nitrogens with zero attached hydrogens (tertiary/aromatic N) is 1. The molecule has 2 atom stereocenters. The predicted molar refractivity (Wildman–Crippen MR) is 78.4 cm³/mol. The highest BCUT2D eigenvalue weighted by Crippen LogP contribution is 2.25. The lowest BCUT2D eigenvalue weighted by atomic mass is 9.87. The molecule has 1 aromatic carbocycles. The molecule has 21 heavy (non-hydrogen) atoms. The minimum atomic E-state index is -0.620. The van der Waals surface area contributed by atoms with E-state index >= 15 is 0 Å². The number of benzene rings is 1. The Morgan fingerprint density at radius 1 is 1.48 bits per heavy atom. The van der Waals surface area contributed by atoms with Crippen LogP contribution in [-0.2, 0) is 0 Å². The molecule has 1 saturated carbocycles. The van der Waals surface area contributed by atoms with Crippen molar-refractivity contribution in [1.29, 1.82) is 0 Å². The number of nitrogens with one attached hydrogen (secondary N) is 1. The predicted octanol–water partition coefficient (Wildman–Crippen LogP) is 2.53. The Morgan fingerprint density at radius 2 is 2.24 bits per heavy atom. The molecular formula is C14H17ClN2O4. The van der Waals surface area contributed by atoms with Crippen LogP contribution in [0.4, 0.5) is 5.69 Å². The van der Waals surface area contributed by atoms with Gasteiger partial charge in [-0.15, -0.1) is 0 Å². The molecule has 0 heterocycles. The lowest BCUT2D eigenvalue weighted by Gasteiger charge is -2.25. The monoisotopic (exact) mass is 312 g/mol. The molecule has 0 bridgehead atoms. The first kappa shape index (κ1) is 15.7. The van der Waals surface area contributed by atoms with Crippen molar-refractivity contribution in [2.24, 2.45) is 5.92 Å². The minimum absolute atomic E-state index is 0.000702. The fourth-order valence-electron chi connectivity index (χ4n) is 2.63. The molecule has 2 N–H and O–H groups in total. The quantitative estimate of drug-likeness (QED) is 0.660. The van der Waals surface area contributed by atoms with Crippen molar-refractivity contribution in [3.63, 3.8) is 0 Å². The van der Waals surface area contributed by atoms with Crippen molar-refractivity contribution < 1.29 is 14.8 Å². The summed E-state index contributed by atoms with van der Waals surface area (Å²) in [7, 11) is 0. The van der Waals surface area contributed by atoms with Crippen molar-refractivity contribution >= 4 is 23.2 Å². The second kappa shape index (κ2) is 6.87. The molecule has 0 spiro atoms. The van der Waals surface area contributed by atoms with Crippen LogP contribution in [0.2, 0.25) is 5.02 Å². The summed E-state index contributed by atoms with van der Waals surface area (Å²) in [6.07, 6.45) is 3.02. The smallest absolute Gasteiger partial charge is 0.283 e. The molecule has 0 aromatic heterocycles. The average molecular weight is 313 g/mol. The van der Waals surface area contributed by atoms with Crippen LogP contribution in [-0.4, -0.2) is 28.6 Å². The van der Waals surface area contributed by atoms with Crippen LogP contribution in [0.15, 0.2) is 18.2 Å². The molecule has 0 aliphatic heterocycles. The summed E-state index contributed by atoms with van der Waals surface area (Å²) in [5, 5.41) is 23.5. The number of nitro groups is 1. The highest BCUT2D eigenvalue weighted by molar-refractivity contribution is 6.31. The summed E-state index contributed by atoms with van der Waals surface area (Å²) in [6, 6.07) is 3.97. The molecule has 2 rings (SSSR count). The van der Waals surface area contributed by atoms with Gasteiger partial charge < -0.3 is 10.4 Å². The third-order valence-corrected chi connectivity index (χ3v) is 3.94. The van der Waals surface area contributed by atoms with Crippen molar-refractivity contribution in [1.82, 2.24) is 5.32 Å². The second-order valence-electron chi connectivity index (χ2n) is 5.32. The van der Waals surface area contributed by atoms with Gasteiger partial charge in [0.15, 0.2) is 0 Å². The first-order valence-corrected chi connectivity index (χ1v) is 7.25. The van der Waals surface area contributed by atoms with Gasteiger partial charge in [0, 0.05) is 17.6 Å². The number of amides is 1. The number of aliphatic hydroxyl groups excluding tert-OH is 1. The Labute approximate surface area is 127 Å². The number of carbonyl (C=O) groups excluding carboxylic acids is 1. The van der Waals surface area contributed by atoms with Crippen LogP contribution < -0.4 is 5.32 Å². The highest BCUT2D eigenvalue weighted by Gasteiger charge is 2.23. The van der Waals surface area contributed by atoms with E-state index in [0.29, 0.717) is 13.0 Å². The standard InChI is InChI=1S/C14H17ClN2O4/c15-10-4-5-12(13(7-10)17(20)21)14(19)16-8-9-2-1-3-11(18)6-9/h4-5,7,9,11,18H,1-3,6,8H2,(H,16,19). The van der Waals surface area contributed by atoms with Gasteiger partial charge in [-0.2, -0.15) is 0 Å². The molecule has 1 aromatic rings. The normalized spacial score (nSPS) is 21.8. The second-order valence-corrected chi connectivity index (χ2v) is 5.75. The van der Waals surface area contributed by atoms with E-state index < -0.39 is 10.8 Å². The van der Waals surface area contributed by atoms with E-state index in [2.05, 4.69) is 5.32 Å². The number of halogens is 1. The Balaban J connectivity index is 2.02. The van der Waals surface area contributed by atoms with Gasteiger partial charge in [-0.25, -0.2) is 0 Å². The van der Waals surface area contributed by atoms with Crippen LogP contribution in [0.3, 0.4) is 0 Å². The summed E-state index contributed by atoms with van der Waals surface area (Å²) in [5.74, 6) is -0.275. The number of nitro benzene ring substituents is 1. The summed E-state index contributed by atoms with van der Waals surface area (Å²) in [4.78, 5) is 22.4. The van der Waals surface area contributed by atoms with Crippen molar-refractivity contribution in [3.8, 4) is 0 Å². The Kier molecular flexibility index (Phi) is 5.14. The zero-order valence-corrected chi connectivity index (χ0v) is 12.2. The molecule has 6 nitrogen and oxygen atoms in total. The Bertz CT molecular complexity index is 550. The van der Waals surface area contributed by atoms with Crippen LogP contribution >= 0.6 is 11.6 Å². The largest absolute Gasteiger partial charge is 0.393 e. The van der Waals surface area contributed by atoms with Crippen LogP contribution in [0.25, 0.3) is 0 Å². The summed E-state index contributed by atoms with van der Waals surface area (Å²) < 4.78 is 0. The minimum Gasteiger partial charge on any atom is -0.393 e. The molecule has 0 saturated heterocycles. The van der Waals surface area contributed by atoms with Crippen molar-refractivity contribution in [3.05, 3.63) is 38.9 Å². The van der Waals surface area contributed by atoms with Crippen LogP contribution in [0, 0.1) is 16.0 Å². The molecule has 1 amide bonds. The summed E-state index contributed by atoms with van der Waals surface area (Å²) in [6.45, 7) is 0.412.